The number of likely N-dealkylation sites (N-methyl/N-ethyl adjacent to an activating group) is 1. The highest BCUT2D eigenvalue weighted by Gasteiger charge is 2.33. The van der Waals surface area contributed by atoms with Gasteiger partial charge in [-0.2, -0.15) is 0 Å². The lowest BCUT2D eigenvalue weighted by Gasteiger charge is -2.34. The van der Waals surface area contributed by atoms with E-state index in [1.807, 2.05) is 0 Å². The van der Waals surface area contributed by atoms with Crippen LogP contribution in [-0.4, -0.2) is 28.6 Å². The van der Waals surface area contributed by atoms with Crippen molar-refractivity contribution in [1.82, 2.24) is 0 Å². The lowest BCUT2D eigenvalue weighted by atomic mass is 10.0. The van der Waals surface area contributed by atoms with E-state index in [1.54, 1.807) is 25.8 Å². The minimum atomic E-state index is -1.11. The Labute approximate surface area is 112 Å². The molecule has 0 aliphatic carbocycles. The van der Waals surface area contributed by atoms with Crippen LogP contribution in [0, 0.1) is 10.1 Å². The second kappa shape index (κ2) is 4.93. The predicted molar refractivity (Wildman–Crippen MR) is 70.9 cm³/mol. The first-order valence-electron chi connectivity index (χ1n) is 5.09. The Balaban J connectivity index is 3.19. The number of rotatable bonds is 4. The Morgan fingerprint density at radius 3 is 2.44 bits per heavy atom. The highest BCUT2D eigenvalue weighted by atomic mass is 79.9. The molecule has 98 valence electrons. The largest absolute Gasteiger partial charge is 0.480 e. The number of aliphatic carboxylic acids is 1. The van der Waals surface area contributed by atoms with Gasteiger partial charge < -0.3 is 10.0 Å². The molecule has 0 bridgehead atoms. The molecule has 1 rings (SSSR count). The molecule has 1 aromatic rings. The molecule has 0 fully saturated rings. The van der Waals surface area contributed by atoms with Crippen molar-refractivity contribution in [3.63, 3.8) is 0 Å². The van der Waals surface area contributed by atoms with Crippen LogP contribution in [0.25, 0.3) is 0 Å². The third-order valence-corrected chi connectivity index (χ3v) is 3.50. The quantitative estimate of drug-likeness (QED) is 0.682. The van der Waals surface area contributed by atoms with E-state index in [0.717, 1.165) is 0 Å². The van der Waals surface area contributed by atoms with Crippen molar-refractivity contribution in [2.75, 3.05) is 11.9 Å². The molecule has 1 N–H and O–H groups in total. The van der Waals surface area contributed by atoms with E-state index in [0.29, 0.717) is 10.2 Å². The van der Waals surface area contributed by atoms with Crippen molar-refractivity contribution < 1.29 is 14.8 Å². The molecule has 6 nitrogen and oxygen atoms in total. The fourth-order valence-corrected chi connectivity index (χ4v) is 1.96. The van der Waals surface area contributed by atoms with Crippen LogP contribution in [0.15, 0.2) is 22.7 Å². The average Bonchev–Trinajstić information content (AvgIpc) is 2.27. The van der Waals surface area contributed by atoms with Crippen molar-refractivity contribution >= 4 is 33.3 Å². The molecule has 0 spiro atoms. The van der Waals surface area contributed by atoms with Crippen molar-refractivity contribution in [2.45, 2.75) is 19.4 Å². The van der Waals surface area contributed by atoms with Crippen LogP contribution in [0.4, 0.5) is 11.4 Å². The first kappa shape index (κ1) is 14.4. The number of carboxylic acid groups (broad SMARTS) is 1. The van der Waals surface area contributed by atoms with Gasteiger partial charge >= 0.3 is 5.97 Å². The summed E-state index contributed by atoms with van der Waals surface area (Å²) in [6.07, 6.45) is 0. The molecule has 0 atom stereocenters. The van der Waals surface area contributed by atoms with E-state index in [2.05, 4.69) is 15.9 Å². The summed E-state index contributed by atoms with van der Waals surface area (Å²) in [6.45, 7) is 3.12. The fraction of sp³-hybridized carbons (Fsp3) is 0.364. The minimum Gasteiger partial charge on any atom is -0.480 e. The van der Waals surface area contributed by atoms with Gasteiger partial charge in [-0.3, -0.25) is 10.1 Å². The molecule has 1 aromatic carbocycles. The number of carboxylic acids is 1. The van der Waals surface area contributed by atoms with Crippen LogP contribution < -0.4 is 4.90 Å². The molecule has 7 heteroatoms. The zero-order valence-electron chi connectivity index (χ0n) is 10.2. The molecular formula is C11H13BrN2O4. The van der Waals surface area contributed by atoms with E-state index in [4.69, 9.17) is 5.11 Å². The maximum absolute atomic E-state index is 11.2. The number of nitro groups is 1. The number of nitrogens with zero attached hydrogens (tertiary/aromatic N) is 2. The summed E-state index contributed by atoms with van der Waals surface area (Å²) in [5, 5.41) is 19.8. The standard InChI is InChI=1S/C11H13BrN2O4/c1-11(2,10(15)16)13(3)9-5-4-7(14(17)18)6-8(9)12/h4-6H,1-3H3,(H,15,16). The monoisotopic (exact) mass is 316 g/mol. The van der Waals surface area contributed by atoms with Crippen LogP contribution in [-0.2, 0) is 4.79 Å². The Morgan fingerprint density at radius 1 is 1.50 bits per heavy atom. The predicted octanol–water partition coefficient (Wildman–Crippen LogP) is 2.66. The molecule has 0 aliphatic heterocycles. The summed E-state index contributed by atoms with van der Waals surface area (Å²) in [5.41, 5.74) is -0.585. The van der Waals surface area contributed by atoms with E-state index < -0.39 is 16.4 Å². The molecule has 0 radical (unpaired) electrons. The van der Waals surface area contributed by atoms with Gasteiger partial charge in [0.15, 0.2) is 0 Å². The Hall–Kier alpha value is -1.63. The van der Waals surface area contributed by atoms with Gasteiger partial charge in [0.2, 0.25) is 0 Å². The lowest BCUT2D eigenvalue weighted by Crippen LogP contribution is -2.48. The first-order valence-corrected chi connectivity index (χ1v) is 5.88. The molecule has 0 amide bonds. The number of non-ortho nitro benzene ring substituents is 1. The summed E-state index contributed by atoms with van der Waals surface area (Å²) < 4.78 is 0.480. The van der Waals surface area contributed by atoms with Gasteiger partial charge in [-0.1, -0.05) is 0 Å². The third kappa shape index (κ3) is 2.61. The molecule has 0 unspecified atom stereocenters. The first-order chi connectivity index (χ1) is 8.17. The number of anilines is 1. The van der Waals surface area contributed by atoms with E-state index in [9.17, 15) is 14.9 Å². The van der Waals surface area contributed by atoms with Crippen molar-refractivity contribution in [3.8, 4) is 0 Å². The Bertz CT molecular complexity index is 502. The van der Waals surface area contributed by atoms with Gasteiger partial charge in [-0.05, 0) is 35.8 Å². The zero-order valence-corrected chi connectivity index (χ0v) is 11.8. The average molecular weight is 317 g/mol. The van der Waals surface area contributed by atoms with Crippen LogP contribution in [0.3, 0.4) is 0 Å². The molecule has 0 aliphatic rings. The highest BCUT2D eigenvalue weighted by molar-refractivity contribution is 9.10. The SMILES string of the molecule is CN(c1ccc([N+](=O)[O-])cc1Br)C(C)(C)C(=O)O. The van der Waals surface area contributed by atoms with E-state index >= 15 is 0 Å². The number of hydrogen-bond donors (Lipinski definition) is 1. The molecule has 0 aromatic heterocycles. The van der Waals surface area contributed by atoms with E-state index in [-0.39, 0.29) is 5.69 Å². The van der Waals surface area contributed by atoms with Gasteiger partial charge in [0, 0.05) is 23.7 Å². The second-order valence-corrected chi connectivity index (χ2v) is 5.17. The maximum atomic E-state index is 11.2. The van der Waals surface area contributed by atoms with Crippen LogP contribution in [0.2, 0.25) is 0 Å². The third-order valence-electron chi connectivity index (χ3n) is 2.87. The van der Waals surface area contributed by atoms with Crippen LogP contribution >= 0.6 is 15.9 Å². The fourth-order valence-electron chi connectivity index (χ4n) is 1.33. The van der Waals surface area contributed by atoms with Gasteiger partial charge in [0.25, 0.3) is 5.69 Å². The van der Waals surface area contributed by atoms with E-state index in [1.165, 1.54) is 18.2 Å². The van der Waals surface area contributed by atoms with Crippen molar-refractivity contribution in [1.29, 1.82) is 0 Å². The van der Waals surface area contributed by atoms with Crippen LogP contribution in [0.1, 0.15) is 13.8 Å². The number of nitro benzene ring substituents is 1. The van der Waals surface area contributed by atoms with Crippen LogP contribution in [0.5, 0.6) is 0 Å². The number of halogens is 1. The Morgan fingerprint density at radius 2 is 2.06 bits per heavy atom. The smallest absolute Gasteiger partial charge is 0.328 e. The number of hydrogen-bond acceptors (Lipinski definition) is 4. The van der Waals surface area contributed by atoms with Gasteiger partial charge in [0.05, 0.1) is 10.6 Å². The van der Waals surface area contributed by atoms with Gasteiger partial charge in [-0.25, -0.2) is 4.79 Å². The van der Waals surface area contributed by atoms with Crippen molar-refractivity contribution in [3.05, 3.63) is 32.8 Å². The number of benzene rings is 1. The summed E-state index contributed by atoms with van der Waals surface area (Å²) in [6, 6.07) is 4.21. The summed E-state index contributed by atoms with van der Waals surface area (Å²) in [7, 11) is 1.63. The maximum Gasteiger partial charge on any atom is 0.328 e. The Kier molecular flexibility index (Phi) is 3.95. The topological polar surface area (TPSA) is 83.7 Å². The zero-order chi connectivity index (χ0) is 14.1. The number of carbonyl (C=O) groups is 1. The minimum absolute atomic E-state index is 0.0489. The molecular weight excluding hydrogens is 304 g/mol. The van der Waals surface area contributed by atoms with Gasteiger partial charge in [-0.15, -0.1) is 0 Å². The van der Waals surface area contributed by atoms with Crippen molar-refractivity contribution in [2.24, 2.45) is 0 Å². The molecule has 0 saturated carbocycles. The molecule has 0 heterocycles. The lowest BCUT2D eigenvalue weighted by molar-refractivity contribution is -0.384. The summed E-state index contributed by atoms with van der Waals surface area (Å²) in [4.78, 5) is 22.8. The van der Waals surface area contributed by atoms with Gasteiger partial charge in [0.1, 0.15) is 5.54 Å². The molecule has 18 heavy (non-hydrogen) atoms. The normalized spacial score (nSPS) is 11.1. The second-order valence-electron chi connectivity index (χ2n) is 4.32. The molecule has 0 saturated heterocycles. The highest BCUT2D eigenvalue weighted by Crippen LogP contribution is 2.33. The summed E-state index contributed by atoms with van der Waals surface area (Å²) in [5.74, 6) is -0.977. The summed E-state index contributed by atoms with van der Waals surface area (Å²) >= 11 is 3.22.